The van der Waals surface area contributed by atoms with Crippen molar-refractivity contribution in [2.75, 3.05) is 11.9 Å². The van der Waals surface area contributed by atoms with Crippen LogP contribution in [-0.2, 0) is 4.74 Å². The van der Waals surface area contributed by atoms with Crippen LogP contribution >= 0.6 is 0 Å². The number of carbonyl (C=O) groups is 1. The quantitative estimate of drug-likeness (QED) is 0.598. The number of anilines is 1. The van der Waals surface area contributed by atoms with E-state index >= 15 is 0 Å². The number of hydrogen-bond donors (Lipinski definition) is 3. The van der Waals surface area contributed by atoms with Crippen molar-refractivity contribution in [3.63, 3.8) is 0 Å². The van der Waals surface area contributed by atoms with Crippen LogP contribution < -0.4 is 10.6 Å². The molecule has 9 heteroatoms. The summed E-state index contributed by atoms with van der Waals surface area (Å²) in [5.74, 6) is 0.290. The minimum absolute atomic E-state index is 0.333. The fourth-order valence-electron chi connectivity index (χ4n) is 2.70. The van der Waals surface area contributed by atoms with E-state index in [0.29, 0.717) is 29.9 Å². The van der Waals surface area contributed by atoms with E-state index in [1.165, 1.54) is 18.5 Å². The Morgan fingerprint density at radius 1 is 1.21 bits per heavy atom. The third-order valence-electron chi connectivity index (χ3n) is 3.91. The molecule has 1 amide bonds. The van der Waals surface area contributed by atoms with Crippen LogP contribution in [0.15, 0.2) is 36.9 Å². The molecule has 0 aliphatic rings. The molecule has 1 atom stereocenters. The van der Waals surface area contributed by atoms with Gasteiger partial charge in [0, 0.05) is 6.54 Å². The number of aromatic nitrogens is 4. The third kappa shape index (κ3) is 5.15. The van der Waals surface area contributed by atoms with Crippen LogP contribution in [0.1, 0.15) is 38.8 Å². The highest BCUT2D eigenvalue weighted by molar-refractivity contribution is 5.81. The van der Waals surface area contributed by atoms with Crippen molar-refractivity contribution in [1.82, 2.24) is 25.3 Å². The summed E-state index contributed by atoms with van der Waals surface area (Å²) >= 11 is 0. The van der Waals surface area contributed by atoms with Gasteiger partial charge in [0.2, 0.25) is 0 Å². The third-order valence-corrected chi connectivity index (χ3v) is 3.91. The molecular formula is C19H23FN6O2. The molecule has 2 heterocycles. The SMILES string of the molecule is CC(C)(C)OC(=O)NC(CCNc1ncnc2nc[nH]c12)c1ccc(F)cc1. The average molecular weight is 386 g/mol. The molecule has 148 valence electrons. The van der Waals surface area contributed by atoms with E-state index in [1.807, 2.05) is 0 Å². The van der Waals surface area contributed by atoms with E-state index in [2.05, 4.69) is 30.6 Å². The van der Waals surface area contributed by atoms with E-state index in [4.69, 9.17) is 4.74 Å². The van der Waals surface area contributed by atoms with Gasteiger partial charge < -0.3 is 20.4 Å². The lowest BCUT2D eigenvalue weighted by Crippen LogP contribution is -2.35. The Kier molecular flexibility index (Phi) is 5.72. The molecule has 0 fully saturated rings. The molecule has 0 radical (unpaired) electrons. The first-order chi connectivity index (χ1) is 13.3. The molecule has 0 aliphatic heterocycles. The van der Waals surface area contributed by atoms with Gasteiger partial charge in [0.25, 0.3) is 0 Å². The molecule has 1 aromatic carbocycles. The molecule has 2 aromatic heterocycles. The number of halogens is 1. The smallest absolute Gasteiger partial charge is 0.408 e. The molecule has 3 aromatic rings. The zero-order chi connectivity index (χ0) is 20.1. The molecule has 0 aliphatic carbocycles. The van der Waals surface area contributed by atoms with E-state index in [0.717, 1.165) is 5.56 Å². The predicted molar refractivity (Wildman–Crippen MR) is 103 cm³/mol. The van der Waals surface area contributed by atoms with E-state index in [-0.39, 0.29) is 11.9 Å². The van der Waals surface area contributed by atoms with Crippen LogP contribution in [0.4, 0.5) is 15.0 Å². The van der Waals surface area contributed by atoms with Crippen molar-refractivity contribution in [3.05, 3.63) is 48.3 Å². The molecule has 0 bridgehead atoms. The zero-order valence-corrected chi connectivity index (χ0v) is 16.0. The number of alkyl carbamates (subject to hydrolysis) is 1. The number of amides is 1. The van der Waals surface area contributed by atoms with Gasteiger partial charge in [-0.1, -0.05) is 12.1 Å². The minimum Gasteiger partial charge on any atom is -0.444 e. The van der Waals surface area contributed by atoms with Gasteiger partial charge in [0.15, 0.2) is 11.5 Å². The Morgan fingerprint density at radius 2 is 1.96 bits per heavy atom. The van der Waals surface area contributed by atoms with Gasteiger partial charge in [-0.25, -0.2) is 24.1 Å². The second-order valence-corrected chi connectivity index (χ2v) is 7.29. The normalized spacial score (nSPS) is 12.6. The van der Waals surface area contributed by atoms with Crippen LogP contribution in [0.3, 0.4) is 0 Å². The summed E-state index contributed by atoms with van der Waals surface area (Å²) in [6.07, 6.45) is 2.99. The van der Waals surface area contributed by atoms with Gasteiger partial charge in [-0.2, -0.15) is 0 Å². The van der Waals surface area contributed by atoms with E-state index in [9.17, 15) is 9.18 Å². The Hall–Kier alpha value is -3.23. The predicted octanol–water partition coefficient (Wildman–Crippen LogP) is 3.56. The molecule has 0 saturated heterocycles. The average Bonchev–Trinajstić information content (AvgIpc) is 3.09. The summed E-state index contributed by atoms with van der Waals surface area (Å²) in [6, 6.07) is 5.67. The van der Waals surface area contributed by atoms with Gasteiger partial charge in [0.1, 0.15) is 23.3 Å². The second kappa shape index (κ2) is 8.20. The fraction of sp³-hybridized carbons (Fsp3) is 0.368. The molecule has 28 heavy (non-hydrogen) atoms. The highest BCUT2D eigenvalue weighted by atomic mass is 19.1. The monoisotopic (exact) mass is 386 g/mol. The van der Waals surface area contributed by atoms with Crippen LogP contribution in [0.2, 0.25) is 0 Å². The summed E-state index contributed by atoms with van der Waals surface area (Å²) < 4.78 is 18.6. The Labute approximate surface area is 161 Å². The number of benzene rings is 1. The first kappa shape index (κ1) is 19.5. The van der Waals surface area contributed by atoms with Crippen molar-refractivity contribution < 1.29 is 13.9 Å². The topological polar surface area (TPSA) is 105 Å². The number of imidazole rings is 1. The summed E-state index contributed by atoms with van der Waals surface area (Å²) in [4.78, 5) is 27.6. The van der Waals surface area contributed by atoms with E-state index in [1.54, 1.807) is 39.2 Å². The lowest BCUT2D eigenvalue weighted by molar-refractivity contribution is 0.0502. The number of hydrogen-bond acceptors (Lipinski definition) is 6. The van der Waals surface area contributed by atoms with Crippen molar-refractivity contribution in [1.29, 1.82) is 0 Å². The lowest BCUT2D eigenvalue weighted by Gasteiger charge is -2.24. The van der Waals surface area contributed by atoms with Crippen LogP contribution in [0, 0.1) is 5.82 Å². The number of nitrogens with zero attached hydrogens (tertiary/aromatic N) is 3. The first-order valence-corrected chi connectivity index (χ1v) is 8.95. The highest BCUT2D eigenvalue weighted by Gasteiger charge is 2.20. The van der Waals surface area contributed by atoms with Crippen molar-refractivity contribution in [2.45, 2.75) is 38.8 Å². The number of aromatic amines is 1. The van der Waals surface area contributed by atoms with Gasteiger partial charge in [-0.15, -0.1) is 0 Å². The van der Waals surface area contributed by atoms with Crippen LogP contribution in [-0.4, -0.2) is 38.2 Å². The molecular weight excluding hydrogens is 363 g/mol. The van der Waals surface area contributed by atoms with Crippen molar-refractivity contribution in [2.24, 2.45) is 0 Å². The van der Waals surface area contributed by atoms with Gasteiger partial charge >= 0.3 is 6.09 Å². The first-order valence-electron chi connectivity index (χ1n) is 8.95. The molecule has 3 N–H and O–H groups in total. The van der Waals surface area contributed by atoms with Gasteiger partial charge in [0.05, 0.1) is 12.4 Å². The van der Waals surface area contributed by atoms with Gasteiger partial charge in [-0.3, -0.25) is 0 Å². The second-order valence-electron chi connectivity index (χ2n) is 7.29. The molecule has 0 saturated carbocycles. The van der Waals surface area contributed by atoms with Crippen molar-refractivity contribution >= 4 is 23.1 Å². The number of ether oxygens (including phenoxy) is 1. The number of nitrogens with one attached hydrogen (secondary N) is 3. The number of H-pyrrole nitrogens is 1. The highest BCUT2D eigenvalue weighted by Crippen LogP contribution is 2.20. The largest absolute Gasteiger partial charge is 0.444 e. The Bertz CT molecular complexity index is 935. The molecule has 3 rings (SSSR count). The van der Waals surface area contributed by atoms with Crippen LogP contribution in [0.25, 0.3) is 11.2 Å². The Balaban J connectivity index is 1.69. The lowest BCUT2D eigenvalue weighted by atomic mass is 10.0. The molecule has 0 spiro atoms. The van der Waals surface area contributed by atoms with Gasteiger partial charge in [-0.05, 0) is 44.9 Å². The summed E-state index contributed by atoms with van der Waals surface area (Å²) in [5.41, 5.74) is 1.45. The summed E-state index contributed by atoms with van der Waals surface area (Å²) in [6.45, 7) is 5.90. The van der Waals surface area contributed by atoms with Crippen LogP contribution in [0.5, 0.6) is 0 Å². The van der Waals surface area contributed by atoms with Crippen molar-refractivity contribution in [3.8, 4) is 0 Å². The maximum absolute atomic E-state index is 13.3. The van der Waals surface area contributed by atoms with E-state index < -0.39 is 11.7 Å². The zero-order valence-electron chi connectivity index (χ0n) is 16.0. The maximum atomic E-state index is 13.3. The maximum Gasteiger partial charge on any atom is 0.408 e. The fourth-order valence-corrected chi connectivity index (χ4v) is 2.70. The molecule has 1 unspecified atom stereocenters. The molecule has 8 nitrogen and oxygen atoms in total. The minimum atomic E-state index is -0.608. The number of rotatable bonds is 6. The Morgan fingerprint density at radius 3 is 2.68 bits per heavy atom. The number of fused-ring (bicyclic) bond motifs is 1. The standard InChI is InChI=1S/C19H23FN6O2/c1-19(2,3)28-18(27)26-14(12-4-6-13(20)7-5-12)8-9-21-16-15-17(23-10-22-15)25-11-24-16/h4-7,10-11,14H,8-9H2,1-3H3,(H,26,27)(H2,21,22,23,24,25). The summed E-state index contributed by atoms with van der Waals surface area (Å²) in [7, 11) is 0. The number of carbonyl (C=O) groups excluding carboxylic acids is 1. The summed E-state index contributed by atoms with van der Waals surface area (Å²) in [5, 5.41) is 6.07.